The van der Waals surface area contributed by atoms with Gasteiger partial charge in [-0.15, -0.1) is 11.6 Å². The number of halogens is 1. The summed E-state index contributed by atoms with van der Waals surface area (Å²) < 4.78 is 5.54. The van der Waals surface area contributed by atoms with Gasteiger partial charge in [0.2, 0.25) is 5.91 Å². The molecule has 1 aliphatic heterocycles. The molecule has 3 nitrogen and oxygen atoms in total. The normalized spacial score (nSPS) is 14.2. The van der Waals surface area contributed by atoms with Gasteiger partial charge in [0.05, 0.1) is 6.61 Å². The molecule has 0 fully saturated rings. The summed E-state index contributed by atoms with van der Waals surface area (Å²) in [6, 6.07) is 5.75. The van der Waals surface area contributed by atoms with Crippen molar-refractivity contribution in [1.29, 1.82) is 0 Å². The van der Waals surface area contributed by atoms with Gasteiger partial charge in [-0.05, 0) is 36.6 Å². The molecule has 0 unspecified atom stereocenters. The van der Waals surface area contributed by atoms with Crippen LogP contribution in [-0.2, 0) is 11.2 Å². The Bertz CT molecular complexity index is 393. The van der Waals surface area contributed by atoms with Crippen LogP contribution in [0.3, 0.4) is 0 Å². The van der Waals surface area contributed by atoms with E-state index >= 15 is 0 Å². The zero-order valence-electron chi connectivity index (χ0n) is 8.96. The molecule has 0 radical (unpaired) electrons. The summed E-state index contributed by atoms with van der Waals surface area (Å²) in [5, 5.41) is 2.84. The molecule has 4 heteroatoms. The molecule has 0 atom stereocenters. The van der Waals surface area contributed by atoms with Crippen LogP contribution in [0, 0.1) is 0 Å². The van der Waals surface area contributed by atoms with Gasteiger partial charge < -0.3 is 10.1 Å². The van der Waals surface area contributed by atoms with Crippen molar-refractivity contribution in [3.8, 4) is 5.75 Å². The smallest absolute Gasteiger partial charge is 0.224 e. The van der Waals surface area contributed by atoms with Gasteiger partial charge in [0.1, 0.15) is 5.75 Å². The molecule has 1 aromatic rings. The number of hydrogen-bond acceptors (Lipinski definition) is 2. The van der Waals surface area contributed by atoms with Gasteiger partial charge in [-0.1, -0.05) is 0 Å². The summed E-state index contributed by atoms with van der Waals surface area (Å²) in [6.07, 6.45) is 2.18. The lowest BCUT2D eigenvalue weighted by Gasteiger charge is -2.17. The maximum absolute atomic E-state index is 11.2. The fraction of sp³-hybridized carbons (Fsp3) is 0.417. The van der Waals surface area contributed by atoms with Crippen LogP contribution >= 0.6 is 11.6 Å². The number of carbonyl (C=O) groups is 1. The number of fused-ring (bicyclic) bond motifs is 1. The molecule has 1 N–H and O–H groups in total. The first kappa shape index (κ1) is 11.3. The Morgan fingerprint density at radius 1 is 1.38 bits per heavy atom. The number of ether oxygens (including phenoxy) is 1. The Labute approximate surface area is 99.7 Å². The van der Waals surface area contributed by atoms with Crippen LogP contribution in [-0.4, -0.2) is 18.4 Å². The number of hydrogen-bond donors (Lipinski definition) is 1. The molecule has 1 amide bonds. The summed E-state index contributed by atoms with van der Waals surface area (Å²) in [6.45, 7) is 0.634. The van der Waals surface area contributed by atoms with Crippen molar-refractivity contribution >= 4 is 23.2 Å². The maximum atomic E-state index is 11.2. The number of benzene rings is 1. The van der Waals surface area contributed by atoms with Crippen LogP contribution in [0.5, 0.6) is 5.75 Å². The van der Waals surface area contributed by atoms with Gasteiger partial charge in [-0.2, -0.15) is 0 Å². The molecule has 0 saturated heterocycles. The monoisotopic (exact) mass is 239 g/mol. The standard InChI is InChI=1S/C12H14ClNO2/c13-6-1-7-16-10-3-4-11-9(8-10)2-5-12(15)14-11/h3-4,8H,1-2,5-7H2,(H,14,15). The summed E-state index contributed by atoms with van der Waals surface area (Å²) in [5.41, 5.74) is 2.05. The van der Waals surface area contributed by atoms with Crippen LogP contribution in [0.25, 0.3) is 0 Å². The molecule has 0 bridgehead atoms. The van der Waals surface area contributed by atoms with Crippen LogP contribution in [0.15, 0.2) is 18.2 Å². The minimum absolute atomic E-state index is 0.0864. The lowest BCUT2D eigenvalue weighted by molar-refractivity contribution is -0.116. The average Bonchev–Trinajstić information content (AvgIpc) is 2.29. The molecule has 1 aromatic carbocycles. The molecule has 1 aliphatic rings. The van der Waals surface area contributed by atoms with E-state index in [1.807, 2.05) is 18.2 Å². The van der Waals surface area contributed by atoms with Crippen molar-refractivity contribution < 1.29 is 9.53 Å². The number of amides is 1. The molecule has 0 saturated carbocycles. The molecule has 0 aromatic heterocycles. The van der Waals surface area contributed by atoms with Crippen molar-refractivity contribution in [1.82, 2.24) is 0 Å². The topological polar surface area (TPSA) is 38.3 Å². The number of carbonyl (C=O) groups excluding carboxylic acids is 1. The average molecular weight is 240 g/mol. The van der Waals surface area contributed by atoms with Gasteiger partial charge in [0.15, 0.2) is 0 Å². The molecule has 0 aliphatic carbocycles. The van der Waals surface area contributed by atoms with Crippen LogP contribution in [0.4, 0.5) is 5.69 Å². The van der Waals surface area contributed by atoms with E-state index < -0.39 is 0 Å². The van der Waals surface area contributed by atoms with Crippen LogP contribution in [0.1, 0.15) is 18.4 Å². The highest BCUT2D eigenvalue weighted by molar-refractivity contribution is 6.17. The number of anilines is 1. The Morgan fingerprint density at radius 3 is 3.06 bits per heavy atom. The van der Waals surface area contributed by atoms with E-state index in [0.717, 1.165) is 29.8 Å². The lowest BCUT2D eigenvalue weighted by Crippen LogP contribution is -2.18. The van der Waals surface area contributed by atoms with Gasteiger partial charge in [-0.3, -0.25) is 4.79 Å². The third-order valence-corrected chi connectivity index (χ3v) is 2.79. The Morgan fingerprint density at radius 2 is 2.25 bits per heavy atom. The number of alkyl halides is 1. The zero-order chi connectivity index (χ0) is 11.4. The Kier molecular flexibility index (Phi) is 3.67. The highest BCUT2D eigenvalue weighted by Gasteiger charge is 2.14. The van der Waals surface area contributed by atoms with E-state index in [2.05, 4.69) is 5.32 Å². The van der Waals surface area contributed by atoms with Crippen molar-refractivity contribution in [3.63, 3.8) is 0 Å². The second-order valence-corrected chi connectivity index (χ2v) is 4.14. The van der Waals surface area contributed by atoms with Crippen molar-refractivity contribution in [2.45, 2.75) is 19.3 Å². The largest absolute Gasteiger partial charge is 0.494 e. The number of nitrogens with one attached hydrogen (secondary N) is 1. The SMILES string of the molecule is O=C1CCc2cc(OCCCCl)ccc2N1. The fourth-order valence-electron chi connectivity index (χ4n) is 1.69. The summed E-state index contributed by atoms with van der Waals surface area (Å²) in [4.78, 5) is 11.2. The number of rotatable bonds is 4. The van der Waals surface area contributed by atoms with Gasteiger partial charge in [0, 0.05) is 18.0 Å². The van der Waals surface area contributed by atoms with E-state index in [4.69, 9.17) is 16.3 Å². The molecule has 86 valence electrons. The predicted octanol–water partition coefficient (Wildman–Crippen LogP) is 2.58. The third-order valence-electron chi connectivity index (χ3n) is 2.52. The van der Waals surface area contributed by atoms with E-state index in [1.165, 1.54) is 0 Å². The molecular weight excluding hydrogens is 226 g/mol. The van der Waals surface area contributed by atoms with Crippen LogP contribution in [0.2, 0.25) is 0 Å². The lowest BCUT2D eigenvalue weighted by atomic mass is 10.0. The first-order chi connectivity index (χ1) is 7.79. The van der Waals surface area contributed by atoms with E-state index in [9.17, 15) is 4.79 Å². The van der Waals surface area contributed by atoms with E-state index in [-0.39, 0.29) is 5.91 Å². The highest BCUT2D eigenvalue weighted by atomic mass is 35.5. The van der Waals surface area contributed by atoms with Crippen molar-refractivity contribution in [2.24, 2.45) is 0 Å². The summed E-state index contributed by atoms with van der Waals surface area (Å²) >= 11 is 5.57. The fourth-order valence-corrected chi connectivity index (χ4v) is 1.80. The highest BCUT2D eigenvalue weighted by Crippen LogP contribution is 2.26. The van der Waals surface area contributed by atoms with Crippen molar-refractivity contribution in [3.05, 3.63) is 23.8 Å². The first-order valence-electron chi connectivity index (χ1n) is 5.41. The Balaban J connectivity index is 2.04. The minimum Gasteiger partial charge on any atom is -0.494 e. The first-order valence-corrected chi connectivity index (χ1v) is 5.94. The molecule has 2 rings (SSSR count). The van der Waals surface area contributed by atoms with Crippen molar-refractivity contribution in [2.75, 3.05) is 17.8 Å². The zero-order valence-corrected chi connectivity index (χ0v) is 9.72. The number of aryl methyl sites for hydroxylation is 1. The second-order valence-electron chi connectivity index (χ2n) is 3.76. The maximum Gasteiger partial charge on any atom is 0.224 e. The van der Waals surface area contributed by atoms with E-state index in [1.54, 1.807) is 0 Å². The van der Waals surface area contributed by atoms with Gasteiger partial charge >= 0.3 is 0 Å². The molecule has 0 spiro atoms. The summed E-state index contributed by atoms with van der Waals surface area (Å²) in [7, 11) is 0. The second kappa shape index (κ2) is 5.21. The molecule has 1 heterocycles. The third kappa shape index (κ3) is 2.67. The van der Waals surface area contributed by atoms with Gasteiger partial charge in [0.25, 0.3) is 0 Å². The molecular formula is C12H14ClNO2. The predicted molar refractivity (Wildman–Crippen MR) is 64.2 cm³/mol. The Hall–Kier alpha value is -1.22. The van der Waals surface area contributed by atoms with Gasteiger partial charge in [-0.25, -0.2) is 0 Å². The quantitative estimate of drug-likeness (QED) is 0.648. The van der Waals surface area contributed by atoms with E-state index in [0.29, 0.717) is 18.9 Å². The molecule has 16 heavy (non-hydrogen) atoms. The minimum atomic E-state index is 0.0864. The summed E-state index contributed by atoms with van der Waals surface area (Å²) in [5.74, 6) is 1.55. The van der Waals surface area contributed by atoms with Crippen LogP contribution < -0.4 is 10.1 Å².